The van der Waals surface area contributed by atoms with Crippen LogP contribution in [-0.4, -0.2) is 22.0 Å². The first-order valence-corrected chi connectivity index (χ1v) is 14.0. The first kappa shape index (κ1) is 22.8. The molecule has 182 valence electrons. The standard InChI is InChI=1S/C30H36N4S/c1-21-20-34-28-19-24(22(2)32-35-33-17-9-4-10-18-33)15-16-26(28)29(23-11-5-3-6-12-23)30(34)25-13-7-8-14-27(25)31-21/h7-8,13-16,19,23,31-32H,1-6,9-12,17-18,20H2. The van der Waals surface area contributed by atoms with E-state index in [1.54, 1.807) is 12.1 Å². The number of anilines is 1. The number of benzene rings is 2. The Labute approximate surface area is 213 Å². The summed E-state index contributed by atoms with van der Waals surface area (Å²) in [5.74, 6) is 0.615. The second-order valence-electron chi connectivity index (χ2n) is 10.4. The third-order valence-corrected chi connectivity index (χ3v) is 8.88. The molecule has 0 radical (unpaired) electrons. The highest BCUT2D eigenvalue weighted by Crippen LogP contribution is 2.47. The van der Waals surface area contributed by atoms with Gasteiger partial charge in [0.1, 0.15) is 0 Å². The van der Waals surface area contributed by atoms with Crippen molar-refractivity contribution in [3.63, 3.8) is 0 Å². The zero-order chi connectivity index (χ0) is 23.8. The molecule has 35 heavy (non-hydrogen) atoms. The number of para-hydroxylation sites is 1. The van der Waals surface area contributed by atoms with Crippen molar-refractivity contribution in [2.75, 3.05) is 18.4 Å². The normalized spacial score (nSPS) is 19.0. The van der Waals surface area contributed by atoms with Crippen LogP contribution in [-0.2, 0) is 6.54 Å². The van der Waals surface area contributed by atoms with Gasteiger partial charge in [0.15, 0.2) is 0 Å². The summed E-state index contributed by atoms with van der Waals surface area (Å²) in [5, 5.41) is 4.99. The Morgan fingerprint density at radius 3 is 2.57 bits per heavy atom. The Morgan fingerprint density at radius 1 is 0.971 bits per heavy atom. The molecule has 2 aromatic carbocycles. The number of fused-ring (bicyclic) bond motifs is 5. The third-order valence-electron chi connectivity index (χ3n) is 7.92. The van der Waals surface area contributed by atoms with E-state index in [0.29, 0.717) is 5.92 Å². The molecule has 2 aliphatic heterocycles. The van der Waals surface area contributed by atoms with Gasteiger partial charge in [-0.15, -0.1) is 0 Å². The summed E-state index contributed by atoms with van der Waals surface area (Å²) in [6.45, 7) is 11.8. The van der Waals surface area contributed by atoms with Crippen LogP contribution in [0.2, 0.25) is 0 Å². The van der Waals surface area contributed by atoms with Crippen molar-refractivity contribution >= 4 is 34.4 Å². The molecule has 5 heteroatoms. The summed E-state index contributed by atoms with van der Waals surface area (Å²) in [5.41, 5.74) is 9.85. The van der Waals surface area contributed by atoms with Crippen molar-refractivity contribution in [3.8, 4) is 11.3 Å². The van der Waals surface area contributed by atoms with E-state index in [9.17, 15) is 0 Å². The van der Waals surface area contributed by atoms with E-state index in [-0.39, 0.29) is 0 Å². The molecular formula is C30H36N4S. The maximum Gasteiger partial charge on any atom is 0.0626 e. The Kier molecular flexibility index (Phi) is 6.38. The molecule has 3 aromatic rings. The molecular weight excluding hydrogens is 448 g/mol. The molecule has 0 bridgehead atoms. The summed E-state index contributed by atoms with van der Waals surface area (Å²) in [6, 6.07) is 15.7. The van der Waals surface area contributed by atoms with Gasteiger partial charge >= 0.3 is 0 Å². The molecule has 1 saturated heterocycles. The summed E-state index contributed by atoms with van der Waals surface area (Å²) in [6.07, 6.45) is 10.5. The predicted octanol–water partition coefficient (Wildman–Crippen LogP) is 7.90. The fourth-order valence-corrected chi connectivity index (χ4v) is 6.98. The number of aromatic nitrogens is 1. The Bertz CT molecular complexity index is 1260. The monoisotopic (exact) mass is 484 g/mol. The molecule has 3 aliphatic rings. The van der Waals surface area contributed by atoms with Crippen molar-refractivity contribution in [2.24, 2.45) is 0 Å². The van der Waals surface area contributed by atoms with Crippen LogP contribution in [0.3, 0.4) is 0 Å². The van der Waals surface area contributed by atoms with Gasteiger partial charge in [0.05, 0.1) is 12.2 Å². The highest BCUT2D eigenvalue weighted by molar-refractivity contribution is 7.95. The van der Waals surface area contributed by atoms with E-state index < -0.39 is 0 Å². The first-order chi connectivity index (χ1) is 17.2. The molecule has 3 heterocycles. The minimum atomic E-state index is 0.615. The quantitative estimate of drug-likeness (QED) is 0.361. The molecule has 6 rings (SSSR count). The smallest absolute Gasteiger partial charge is 0.0626 e. The number of piperidine rings is 1. The zero-order valence-electron chi connectivity index (χ0n) is 20.6. The predicted molar refractivity (Wildman–Crippen MR) is 151 cm³/mol. The number of nitrogens with one attached hydrogen (secondary N) is 2. The Morgan fingerprint density at radius 2 is 1.74 bits per heavy atom. The van der Waals surface area contributed by atoms with Gasteiger partial charge in [0.25, 0.3) is 0 Å². The van der Waals surface area contributed by atoms with Crippen molar-refractivity contribution in [1.82, 2.24) is 13.6 Å². The third kappa shape index (κ3) is 4.41. The van der Waals surface area contributed by atoms with Crippen LogP contribution < -0.4 is 10.0 Å². The topological polar surface area (TPSA) is 32.2 Å². The van der Waals surface area contributed by atoms with Crippen molar-refractivity contribution < 1.29 is 0 Å². The van der Waals surface area contributed by atoms with E-state index >= 15 is 0 Å². The fourth-order valence-electron chi connectivity index (χ4n) is 6.18. The van der Waals surface area contributed by atoms with Gasteiger partial charge in [-0.1, -0.05) is 69.2 Å². The average molecular weight is 485 g/mol. The molecule has 1 aromatic heterocycles. The van der Waals surface area contributed by atoms with Gasteiger partial charge in [-0.25, -0.2) is 4.31 Å². The molecule has 4 nitrogen and oxygen atoms in total. The van der Waals surface area contributed by atoms with Crippen LogP contribution in [0.1, 0.15) is 68.4 Å². The maximum atomic E-state index is 4.40. The summed E-state index contributed by atoms with van der Waals surface area (Å²) in [7, 11) is 0. The van der Waals surface area contributed by atoms with Crippen LogP contribution >= 0.6 is 12.1 Å². The SMILES string of the molecule is C=C1Cn2c(c(C3CCCCC3)c3ccc(C(=C)NSN4CCCCC4)cc32)-c2ccccc2N1. The van der Waals surface area contributed by atoms with E-state index in [2.05, 4.69) is 74.5 Å². The molecule has 1 aliphatic carbocycles. The van der Waals surface area contributed by atoms with E-state index in [1.807, 2.05) is 0 Å². The lowest BCUT2D eigenvalue weighted by Crippen LogP contribution is -2.26. The highest BCUT2D eigenvalue weighted by Gasteiger charge is 2.29. The van der Waals surface area contributed by atoms with E-state index in [0.717, 1.165) is 36.6 Å². The maximum absolute atomic E-state index is 4.40. The molecule has 0 amide bonds. The summed E-state index contributed by atoms with van der Waals surface area (Å²) in [4.78, 5) is 0. The molecule has 0 unspecified atom stereocenters. The van der Waals surface area contributed by atoms with Gasteiger partial charge in [-0.05, 0) is 54.9 Å². The second kappa shape index (κ2) is 9.79. The van der Waals surface area contributed by atoms with Crippen LogP contribution in [0.15, 0.2) is 61.3 Å². The van der Waals surface area contributed by atoms with Crippen LogP contribution in [0, 0.1) is 0 Å². The minimum absolute atomic E-state index is 0.615. The summed E-state index contributed by atoms with van der Waals surface area (Å²) >= 11 is 1.71. The number of hydrogen-bond donors (Lipinski definition) is 2. The van der Waals surface area contributed by atoms with Gasteiger partial charge in [0, 0.05) is 58.8 Å². The number of hydrogen-bond acceptors (Lipinski definition) is 4. The number of nitrogens with zero attached hydrogens (tertiary/aromatic N) is 2. The lowest BCUT2D eigenvalue weighted by atomic mass is 9.81. The summed E-state index contributed by atoms with van der Waals surface area (Å²) < 4.78 is 8.46. The molecule has 2 N–H and O–H groups in total. The Hall–Kier alpha value is -2.63. The second-order valence-corrected chi connectivity index (χ2v) is 11.3. The van der Waals surface area contributed by atoms with E-state index in [4.69, 9.17) is 0 Å². The fraction of sp³-hybridized carbons (Fsp3) is 0.400. The largest absolute Gasteiger partial charge is 0.357 e. The van der Waals surface area contributed by atoms with E-state index in [1.165, 1.54) is 84.8 Å². The van der Waals surface area contributed by atoms with Crippen LogP contribution in [0.5, 0.6) is 0 Å². The van der Waals surface area contributed by atoms with Gasteiger partial charge in [0.2, 0.25) is 0 Å². The Balaban J connectivity index is 1.44. The molecule has 2 fully saturated rings. The zero-order valence-corrected chi connectivity index (χ0v) is 21.4. The number of rotatable bonds is 5. The van der Waals surface area contributed by atoms with Gasteiger partial charge in [-0.3, -0.25) is 0 Å². The van der Waals surface area contributed by atoms with Crippen molar-refractivity contribution in [2.45, 2.75) is 63.8 Å². The highest BCUT2D eigenvalue weighted by atomic mass is 32.2. The van der Waals surface area contributed by atoms with Gasteiger partial charge in [-0.2, -0.15) is 0 Å². The average Bonchev–Trinajstić information content (AvgIpc) is 3.13. The molecule has 1 saturated carbocycles. The van der Waals surface area contributed by atoms with Crippen molar-refractivity contribution in [3.05, 3.63) is 72.4 Å². The molecule has 0 spiro atoms. The van der Waals surface area contributed by atoms with Crippen LogP contribution in [0.25, 0.3) is 27.9 Å². The minimum Gasteiger partial charge on any atom is -0.357 e. The van der Waals surface area contributed by atoms with Crippen LogP contribution in [0.4, 0.5) is 5.69 Å². The molecule has 0 atom stereocenters. The van der Waals surface area contributed by atoms with Gasteiger partial charge < -0.3 is 14.6 Å². The number of allylic oxidation sites excluding steroid dienone is 1. The first-order valence-electron chi connectivity index (χ1n) is 13.3. The van der Waals surface area contributed by atoms with Crippen molar-refractivity contribution in [1.29, 1.82) is 0 Å². The lowest BCUT2D eigenvalue weighted by molar-refractivity contribution is 0.379. The lowest BCUT2D eigenvalue weighted by Gasteiger charge is -2.25.